The number of amides is 2. The zero-order valence-corrected chi connectivity index (χ0v) is 20.9. The number of rotatable bonds is 5. The van der Waals surface area contributed by atoms with Crippen LogP contribution in [0.25, 0.3) is 5.57 Å². The molecule has 4 atom stereocenters. The predicted molar refractivity (Wildman–Crippen MR) is 134 cm³/mol. The Morgan fingerprint density at radius 1 is 1.08 bits per heavy atom. The molecule has 0 radical (unpaired) electrons. The zero-order chi connectivity index (χ0) is 24.8. The van der Waals surface area contributed by atoms with E-state index in [1.165, 1.54) is 0 Å². The van der Waals surface area contributed by atoms with Crippen LogP contribution in [0.5, 0.6) is 0 Å². The van der Waals surface area contributed by atoms with Gasteiger partial charge in [0.05, 0.1) is 6.04 Å². The number of allylic oxidation sites excluding steroid dienone is 2. The molecule has 8 heteroatoms. The average Bonchev–Trinajstić information content (AvgIpc) is 3.42. The summed E-state index contributed by atoms with van der Waals surface area (Å²) in [5.74, 6) is -0.984. The molecule has 0 bridgehead atoms. The summed E-state index contributed by atoms with van der Waals surface area (Å²) in [6.45, 7) is 1.31. The summed E-state index contributed by atoms with van der Waals surface area (Å²) in [6, 6.07) is 2.96. The Morgan fingerprint density at radius 3 is 2.56 bits per heavy atom. The molecule has 6 rings (SSSR count). The van der Waals surface area contributed by atoms with Crippen LogP contribution in [0, 0.1) is 17.8 Å². The van der Waals surface area contributed by atoms with E-state index in [4.69, 9.17) is 4.74 Å². The van der Waals surface area contributed by atoms with Gasteiger partial charge in [-0.3, -0.25) is 14.4 Å². The quantitative estimate of drug-likeness (QED) is 0.653. The number of carbonyl (C=O) groups excluding carboxylic acids is 2. The number of pyridine rings is 1. The van der Waals surface area contributed by atoms with Gasteiger partial charge in [0.15, 0.2) is 0 Å². The number of nitrogens with zero attached hydrogens (tertiary/aromatic N) is 2. The Kier molecular flexibility index (Phi) is 6.50. The number of aromatic nitrogens is 1. The molecule has 2 aliphatic carbocycles. The van der Waals surface area contributed by atoms with Crippen LogP contribution in [0.15, 0.2) is 23.0 Å². The first-order chi connectivity index (χ1) is 17.6. The maximum Gasteiger partial charge on any atom is 0.258 e. The van der Waals surface area contributed by atoms with Crippen LogP contribution in [0.4, 0.5) is 0 Å². The Morgan fingerprint density at radius 2 is 1.89 bits per heavy atom. The first-order valence-corrected chi connectivity index (χ1v) is 13.8. The number of fused-ring (bicyclic) bond motifs is 3. The van der Waals surface area contributed by atoms with E-state index in [0.29, 0.717) is 32.6 Å². The van der Waals surface area contributed by atoms with Crippen molar-refractivity contribution >= 4 is 17.4 Å². The third-order valence-electron chi connectivity index (χ3n) is 9.26. The molecule has 1 aromatic heterocycles. The van der Waals surface area contributed by atoms with Crippen molar-refractivity contribution in [1.82, 2.24) is 14.8 Å². The summed E-state index contributed by atoms with van der Waals surface area (Å²) in [5.41, 5.74) is 2.65. The van der Waals surface area contributed by atoms with E-state index in [9.17, 15) is 19.5 Å². The predicted octanol–water partition coefficient (Wildman–Crippen LogP) is 2.39. The van der Waals surface area contributed by atoms with Crippen molar-refractivity contribution in [2.45, 2.75) is 82.5 Å². The molecule has 2 amide bonds. The lowest BCUT2D eigenvalue weighted by molar-refractivity contribution is -0.147. The minimum absolute atomic E-state index is 0.0133. The molecule has 0 aromatic carbocycles. The van der Waals surface area contributed by atoms with Crippen molar-refractivity contribution in [3.05, 3.63) is 39.8 Å². The first-order valence-electron chi connectivity index (χ1n) is 13.8. The van der Waals surface area contributed by atoms with Crippen molar-refractivity contribution in [3.8, 4) is 0 Å². The molecule has 4 heterocycles. The molecule has 0 spiro atoms. The molecule has 2 saturated heterocycles. The van der Waals surface area contributed by atoms with Crippen LogP contribution in [0.3, 0.4) is 0 Å². The number of aliphatic hydroxyl groups is 1. The number of hydrogen-bond donors (Lipinski definition) is 2. The number of likely N-dealkylation sites (tertiary alicyclic amines) is 1. The summed E-state index contributed by atoms with van der Waals surface area (Å²) >= 11 is 0. The third kappa shape index (κ3) is 3.93. The minimum atomic E-state index is -0.717. The highest BCUT2D eigenvalue weighted by atomic mass is 16.5. The lowest BCUT2D eigenvalue weighted by Crippen LogP contribution is -2.55. The highest BCUT2D eigenvalue weighted by Gasteiger charge is 2.58. The van der Waals surface area contributed by atoms with Crippen molar-refractivity contribution in [2.75, 3.05) is 19.8 Å². The molecule has 194 valence electrons. The van der Waals surface area contributed by atoms with E-state index in [0.717, 1.165) is 61.8 Å². The van der Waals surface area contributed by atoms with Crippen LogP contribution < -0.4 is 10.9 Å². The SMILES string of the molecule is O=C(NC1CCC1)[C@@H]1[C@@H](CO)[C@@H]2Cn3c(ccc(C4=CCCCC4)c3=O)[C@@H]2N1C(=O)C1CCOCC1. The second kappa shape index (κ2) is 9.78. The summed E-state index contributed by atoms with van der Waals surface area (Å²) < 4.78 is 7.31. The van der Waals surface area contributed by atoms with Crippen molar-refractivity contribution in [2.24, 2.45) is 17.8 Å². The largest absolute Gasteiger partial charge is 0.396 e. The summed E-state index contributed by atoms with van der Waals surface area (Å²) in [5, 5.41) is 13.7. The molecule has 2 N–H and O–H groups in total. The van der Waals surface area contributed by atoms with E-state index in [1.54, 1.807) is 4.90 Å². The van der Waals surface area contributed by atoms with E-state index < -0.39 is 12.0 Å². The van der Waals surface area contributed by atoms with Gasteiger partial charge in [-0.15, -0.1) is 0 Å². The second-order valence-corrected chi connectivity index (χ2v) is 11.2. The van der Waals surface area contributed by atoms with Crippen LogP contribution >= 0.6 is 0 Å². The first kappa shape index (κ1) is 23.9. The second-order valence-electron chi connectivity index (χ2n) is 11.2. The fraction of sp³-hybridized carbons (Fsp3) is 0.679. The lowest BCUT2D eigenvalue weighted by Gasteiger charge is -2.36. The highest BCUT2D eigenvalue weighted by Crippen LogP contribution is 2.50. The highest BCUT2D eigenvalue weighted by molar-refractivity contribution is 5.90. The summed E-state index contributed by atoms with van der Waals surface area (Å²) in [4.78, 5) is 43.0. The Balaban J connectivity index is 1.39. The van der Waals surface area contributed by atoms with Gasteiger partial charge in [0, 0.05) is 61.4 Å². The maximum absolute atomic E-state index is 14.0. The van der Waals surface area contributed by atoms with Crippen molar-refractivity contribution < 1.29 is 19.4 Å². The fourth-order valence-corrected chi connectivity index (χ4v) is 7.05. The topological polar surface area (TPSA) is 101 Å². The molecule has 3 fully saturated rings. The van der Waals surface area contributed by atoms with E-state index in [1.807, 2.05) is 16.7 Å². The molecule has 3 aliphatic heterocycles. The van der Waals surface area contributed by atoms with Gasteiger partial charge in [0.25, 0.3) is 5.56 Å². The van der Waals surface area contributed by atoms with Crippen LogP contribution in [0.1, 0.15) is 75.1 Å². The van der Waals surface area contributed by atoms with Gasteiger partial charge in [-0.1, -0.05) is 6.08 Å². The number of hydrogen-bond acceptors (Lipinski definition) is 5. The Hall–Kier alpha value is -2.45. The molecule has 1 aromatic rings. The van der Waals surface area contributed by atoms with Crippen LogP contribution in [-0.2, 0) is 20.9 Å². The maximum atomic E-state index is 14.0. The van der Waals surface area contributed by atoms with Gasteiger partial charge in [0.1, 0.15) is 6.04 Å². The lowest BCUT2D eigenvalue weighted by atomic mass is 9.87. The van der Waals surface area contributed by atoms with Gasteiger partial charge in [-0.05, 0) is 75.5 Å². The van der Waals surface area contributed by atoms with Crippen molar-refractivity contribution in [1.29, 1.82) is 0 Å². The standard InChI is InChI=1S/C28H37N3O5/c32-16-22-21-15-30-23(10-9-20(28(30)35)17-5-2-1-3-6-17)24(21)31(27(34)18-11-13-36-14-12-18)25(22)26(33)29-19-7-4-8-19/h5,9-10,18-19,21-22,24-25,32H,1-4,6-8,11-16H2,(H,29,33)/t21-,22-,24+,25-/m0/s1. The number of carbonyl (C=O) groups is 2. The van der Waals surface area contributed by atoms with Gasteiger partial charge >= 0.3 is 0 Å². The molecule has 8 nitrogen and oxygen atoms in total. The molecular formula is C28H37N3O5. The minimum Gasteiger partial charge on any atom is -0.396 e. The number of nitrogens with one attached hydrogen (secondary N) is 1. The van der Waals surface area contributed by atoms with E-state index in [2.05, 4.69) is 11.4 Å². The summed E-state index contributed by atoms with van der Waals surface area (Å²) in [7, 11) is 0. The monoisotopic (exact) mass is 495 g/mol. The van der Waals surface area contributed by atoms with E-state index in [-0.39, 0.29) is 47.9 Å². The smallest absolute Gasteiger partial charge is 0.258 e. The molecule has 5 aliphatic rings. The van der Waals surface area contributed by atoms with Gasteiger partial charge in [0.2, 0.25) is 11.8 Å². The Labute approximate surface area is 211 Å². The molecular weight excluding hydrogens is 458 g/mol. The number of ether oxygens (including phenoxy) is 1. The van der Waals surface area contributed by atoms with Gasteiger partial charge < -0.3 is 24.6 Å². The number of aliphatic hydroxyl groups excluding tert-OH is 1. The van der Waals surface area contributed by atoms with Gasteiger partial charge in [-0.2, -0.15) is 0 Å². The molecule has 1 saturated carbocycles. The Bertz CT molecular complexity index is 1120. The zero-order valence-electron chi connectivity index (χ0n) is 20.9. The third-order valence-corrected chi connectivity index (χ3v) is 9.26. The van der Waals surface area contributed by atoms with Crippen LogP contribution in [0.2, 0.25) is 0 Å². The molecule has 0 unspecified atom stereocenters. The van der Waals surface area contributed by atoms with Crippen LogP contribution in [-0.4, -0.2) is 58.3 Å². The normalized spacial score (nSPS) is 30.4. The van der Waals surface area contributed by atoms with E-state index >= 15 is 0 Å². The molecule has 36 heavy (non-hydrogen) atoms. The van der Waals surface area contributed by atoms with Crippen molar-refractivity contribution in [3.63, 3.8) is 0 Å². The summed E-state index contributed by atoms with van der Waals surface area (Å²) in [6.07, 6.45) is 10.6. The fourth-order valence-electron chi connectivity index (χ4n) is 7.05. The van der Waals surface area contributed by atoms with Gasteiger partial charge in [-0.25, -0.2) is 0 Å². The average molecular weight is 496 g/mol.